The minimum Gasteiger partial charge on any atom is -0.311 e. The molecule has 0 radical (unpaired) electrons. The Morgan fingerprint density at radius 2 is 1.71 bits per heavy atom. The Morgan fingerprint density at radius 3 is 2.38 bits per heavy atom. The van der Waals surface area contributed by atoms with E-state index in [0.29, 0.717) is 35.6 Å². The third kappa shape index (κ3) is 4.51. The van der Waals surface area contributed by atoms with E-state index in [-0.39, 0.29) is 22.6 Å². The summed E-state index contributed by atoms with van der Waals surface area (Å²) in [5, 5.41) is 13.5. The molecule has 174 valence electrons. The van der Waals surface area contributed by atoms with Crippen LogP contribution in [0.25, 0.3) is 22.0 Å². The largest absolute Gasteiger partial charge is 0.416 e. The summed E-state index contributed by atoms with van der Waals surface area (Å²) in [6.07, 6.45) is -4.28. The van der Waals surface area contributed by atoms with E-state index in [1.807, 2.05) is 5.32 Å². The lowest BCUT2D eigenvalue weighted by molar-refractivity contribution is -0.137. The lowest BCUT2D eigenvalue weighted by atomic mass is 10.0. The van der Waals surface area contributed by atoms with Crippen LogP contribution >= 0.6 is 0 Å². The number of aromatic nitrogens is 2. The maximum atomic E-state index is 14.9. The first-order valence-corrected chi connectivity index (χ1v) is 9.59. The van der Waals surface area contributed by atoms with Crippen LogP contribution in [0.4, 0.5) is 43.9 Å². The number of anilines is 3. The Hall–Kier alpha value is -4.48. The molecule has 0 fully saturated rings. The molecule has 0 aliphatic heterocycles. The molecule has 0 aliphatic rings. The van der Waals surface area contributed by atoms with Crippen molar-refractivity contribution in [3.8, 4) is 11.1 Å². The molecule has 12 heteroatoms. The van der Waals surface area contributed by atoms with E-state index in [2.05, 4.69) is 20.8 Å². The summed E-state index contributed by atoms with van der Waals surface area (Å²) in [5.41, 5.74) is -0.758. The maximum Gasteiger partial charge on any atom is 0.416 e. The van der Waals surface area contributed by atoms with Gasteiger partial charge in [0.25, 0.3) is 0 Å². The second kappa shape index (κ2) is 8.81. The van der Waals surface area contributed by atoms with Crippen molar-refractivity contribution in [2.24, 2.45) is 0 Å². The van der Waals surface area contributed by atoms with E-state index in [1.54, 1.807) is 6.07 Å². The maximum absolute atomic E-state index is 14.9. The molecule has 0 saturated carbocycles. The van der Waals surface area contributed by atoms with Gasteiger partial charge in [-0.05, 0) is 42.0 Å². The zero-order valence-electron chi connectivity index (χ0n) is 16.9. The van der Waals surface area contributed by atoms with Crippen molar-refractivity contribution in [1.82, 2.24) is 10.2 Å². The highest BCUT2D eigenvalue weighted by Gasteiger charge is 2.31. The topological polar surface area (TPSA) is 98.9 Å². The minimum atomic E-state index is -4.70. The third-order valence-electron chi connectivity index (χ3n) is 4.87. The highest BCUT2D eigenvalue weighted by Crippen LogP contribution is 2.33. The second-order valence-corrected chi connectivity index (χ2v) is 7.03. The Morgan fingerprint density at radius 1 is 0.971 bits per heavy atom. The Balaban J connectivity index is 1.50. The molecule has 0 spiro atoms. The molecule has 0 bridgehead atoms. The standard InChI is InChI=1S/C22H14F5N5O2/c23-16-8-3-12(22(25,26)27)9-17(16)30-21(34)29-13-4-1-11(2-5-13)14-6-7-15-19(18(14)24)31-32-20(15)28-10-33/h1-10H,(H2,29,30,34)(H2,28,31,32,33). The molecule has 3 aromatic carbocycles. The van der Waals surface area contributed by atoms with Crippen LogP contribution in [0.5, 0.6) is 0 Å². The molecule has 1 heterocycles. The highest BCUT2D eigenvalue weighted by molar-refractivity contribution is 6.00. The number of aromatic amines is 1. The fraction of sp³-hybridized carbons (Fsp3) is 0.0455. The normalized spacial score (nSPS) is 11.3. The number of fused-ring (bicyclic) bond motifs is 1. The van der Waals surface area contributed by atoms with E-state index < -0.39 is 35.1 Å². The molecular weight excluding hydrogens is 461 g/mol. The Kier molecular flexibility index (Phi) is 5.88. The van der Waals surface area contributed by atoms with Gasteiger partial charge in [-0.1, -0.05) is 18.2 Å². The van der Waals surface area contributed by atoms with E-state index in [9.17, 15) is 31.5 Å². The van der Waals surface area contributed by atoms with Gasteiger partial charge in [-0.3, -0.25) is 9.89 Å². The van der Waals surface area contributed by atoms with Gasteiger partial charge in [-0.25, -0.2) is 13.6 Å². The number of alkyl halides is 3. The van der Waals surface area contributed by atoms with Crippen molar-refractivity contribution >= 4 is 40.5 Å². The van der Waals surface area contributed by atoms with Crippen molar-refractivity contribution in [3.05, 3.63) is 71.8 Å². The number of urea groups is 1. The van der Waals surface area contributed by atoms with Crippen molar-refractivity contribution < 1.29 is 31.5 Å². The van der Waals surface area contributed by atoms with Crippen molar-refractivity contribution in [1.29, 1.82) is 0 Å². The fourth-order valence-electron chi connectivity index (χ4n) is 3.26. The molecule has 7 nitrogen and oxygen atoms in total. The van der Waals surface area contributed by atoms with Crippen molar-refractivity contribution in [2.75, 3.05) is 16.0 Å². The molecule has 3 amide bonds. The van der Waals surface area contributed by atoms with Crippen LogP contribution in [0.15, 0.2) is 54.6 Å². The van der Waals surface area contributed by atoms with Gasteiger partial charge in [0.1, 0.15) is 11.3 Å². The number of amides is 3. The summed E-state index contributed by atoms with van der Waals surface area (Å²) in [4.78, 5) is 22.7. The zero-order valence-corrected chi connectivity index (χ0v) is 16.9. The van der Waals surface area contributed by atoms with Crippen LogP contribution in [0.2, 0.25) is 0 Å². The first-order valence-electron chi connectivity index (χ1n) is 9.59. The molecule has 34 heavy (non-hydrogen) atoms. The van der Waals surface area contributed by atoms with Crippen molar-refractivity contribution in [3.63, 3.8) is 0 Å². The lowest BCUT2D eigenvalue weighted by Crippen LogP contribution is -2.20. The van der Waals surface area contributed by atoms with Gasteiger partial charge >= 0.3 is 12.2 Å². The molecule has 0 aliphatic carbocycles. The van der Waals surface area contributed by atoms with E-state index in [0.717, 1.165) is 0 Å². The summed E-state index contributed by atoms with van der Waals surface area (Å²) in [5.74, 6) is -1.46. The predicted molar refractivity (Wildman–Crippen MR) is 115 cm³/mol. The highest BCUT2D eigenvalue weighted by atomic mass is 19.4. The average Bonchev–Trinajstić information content (AvgIpc) is 3.19. The SMILES string of the molecule is O=CNc1n[nH]c2c(F)c(-c3ccc(NC(=O)Nc4cc(C(F)(F)F)ccc4F)cc3)ccc12. The third-order valence-corrected chi connectivity index (χ3v) is 4.87. The number of carbonyl (C=O) groups excluding carboxylic acids is 2. The smallest absolute Gasteiger partial charge is 0.311 e. The summed E-state index contributed by atoms with van der Waals surface area (Å²) in [6, 6.07) is 9.65. The number of benzene rings is 3. The van der Waals surface area contributed by atoms with Crippen molar-refractivity contribution in [2.45, 2.75) is 6.18 Å². The van der Waals surface area contributed by atoms with Crippen LogP contribution in [-0.4, -0.2) is 22.6 Å². The van der Waals surface area contributed by atoms with Gasteiger partial charge in [0.15, 0.2) is 11.6 Å². The Bertz CT molecular complexity index is 1380. The van der Waals surface area contributed by atoms with Gasteiger partial charge in [0.05, 0.1) is 11.3 Å². The first-order chi connectivity index (χ1) is 16.2. The van der Waals surface area contributed by atoms with E-state index in [1.165, 1.54) is 30.3 Å². The number of carbonyl (C=O) groups is 2. The minimum absolute atomic E-state index is 0.0894. The molecule has 1 aromatic heterocycles. The molecular formula is C22H14F5N5O2. The van der Waals surface area contributed by atoms with Gasteiger partial charge in [0, 0.05) is 16.6 Å². The fourth-order valence-corrected chi connectivity index (χ4v) is 3.26. The van der Waals surface area contributed by atoms with E-state index >= 15 is 0 Å². The molecule has 0 atom stereocenters. The Labute approximate surface area is 188 Å². The van der Waals surface area contributed by atoms with E-state index in [4.69, 9.17) is 0 Å². The predicted octanol–water partition coefficient (Wildman–Crippen LogP) is 5.74. The van der Waals surface area contributed by atoms with Gasteiger partial charge in [-0.2, -0.15) is 18.3 Å². The van der Waals surface area contributed by atoms with Gasteiger partial charge in [0.2, 0.25) is 6.41 Å². The van der Waals surface area contributed by atoms with Gasteiger partial charge < -0.3 is 16.0 Å². The number of hydrogen-bond acceptors (Lipinski definition) is 3. The average molecular weight is 475 g/mol. The number of halogens is 5. The van der Waals surface area contributed by atoms with Crippen LogP contribution in [0.3, 0.4) is 0 Å². The molecule has 4 rings (SSSR count). The number of nitrogens with one attached hydrogen (secondary N) is 4. The number of H-pyrrole nitrogens is 1. The number of nitrogens with zero attached hydrogens (tertiary/aromatic N) is 1. The van der Waals surface area contributed by atoms with Crippen LogP contribution in [-0.2, 0) is 11.0 Å². The zero-order chi connectivity index (χ0) is 24.5. The number of rotatable bonds is 5. The summed E-state index contributed by atoms with van der Waals surface area (Å²) < 4.78 is 67.2. The molecule has 4 aromatic rings. The monoisotopic (exact) mass is 475 g/mol. The second-order valence-electron chi connectivity index (χ2n) is 7.03. The molecule has 4 N–H and O–H groups in total. The van der Waals surface area contributed by atoms with Crippen LogP contribution in [0.1, 0.15) is 5.56 Å². The lowest BCUT2D eigenvalue weighted by Gasteiger charge is -2.12. The van der Waals surface area contributed by atoms with Gasteiger partial charge in [-0.15, -0.1) is 0 Å². The quantitative estimate of drug-likeness (QED) is 0.219. The summed E-state index contributed by atoms with van der Waals surface area (Å²) in [7, 11) is 0. The van der Waals surface area contributed by atoms with Crippen LogP contribution in [0, 0.1) is 11.6 Å². The first kappa shape index (κ1) is 22.7. The summed E-state index contributed by atoms with van der Waals surface area (Å²) >= 11 is 0. The molecule has 0 unspecified atom stereocenters. The summed E-state index contributed by atoms with van der Waals surface area (Å²) in [6.45, 7) is 0. The number of hydrogen-bond donors (Lipinski definition) is 4. The molecule has 0 saturated heterocycles. The van der Waals surface area contributed by atoms with Crippen LogP contribution < -0.4 is 16.0 Å².